The molecular weight excluding hydrogens is 463 g/mol. The van der Waals surface area contributed by atoms with Crippen molar-refractivity contribution in [3.05, 3.63) is 58.4 Å². The lowest BCUT2D eigenvalue weighted by atomic mass is 9.44. The van der Waals surface area contributed by atoms with Gasteiger partial charge in [-0.25, -0.2) is 13.2 Å². The van der Waals surface area contributed by atoms with E-state index in [0.717, 1.165) is 18.2 Å². The standard InChI is InChI=1S/C22H21ClF3N3O4/c23-14-2-1-12(5-15(14)24)33-8-19(31)28-21-9-22(10-21,11-21)29-20(32)13-6-16(25)17(26)7-18(13)27-3-4-30/h1-2,5-7,27,30H,3-4,8-11H2,(H,28,31)(H,29,32). The van der Waals surface area contributed by atoms with Gasteiger partial charge in [0.2, 0.25) is 0 Å². The second kappa shape index (κ2) is 8.75. The van der Waals surface area contributed by atoms with Crippen LogP contribution in [-0.2, 0) is 4.79 Å². The number of halogens is 4. The molecule has 11 heteroatoms. The van der Waals surface area contributed by atoms with Crippen molar-refractivity contribution in [2.75, 3.05) is 25.1 Å². The molecule has 33 heavy (non-hydrogen) atoms. The topological polar surface area (TPSA) is 99.7 Å². The number of aliphatic hydroxyl groups is 1. The fraction of sp³-hybridized carbons (Fsp3) is 0.364. The molecule has 0 aromatic heterocycles. The summed E-state index contributed by atoms with van der Waals surface area (Å²) in [5.74, 6) is -3.71. The van der Waals surface area contributed by atoms with Gasteiger partial charge in [-0.15, -0.1) is 0 Å². The van der Waals surface area contributed by atoms with Crippen LogP contribution in [0.4, 0.5) is 18.9 Å². The SMILES string of the molecule is O=C(COc1ccc(Cl)c(F)c1)NC12CC(NC(=O)c3cc(F)c(F)cc3NCCO)(C1)C2. The maximum atomic E-state index is 13.7. The maximum absolute atomic E-state index is 13.7. The number of nitrogens with one attached hydrogen (secondary N) is 3. The highest BCUT2D eigenvalue weighted by Gasteiger charge is 2.69. The highest BCUT2D eigenvalue weighted by molar-refractivity contribution is 6.30. The van der Waals surface area contributed by atoms with Crippen LogP contribution in [0.1, 0.15) is 29.6 Å². The summed E-state index contributed by atoms with van der Waals surface area (Å²) >= 11 is 5.61. The lowest BCUT2D eigenvalue weighted by Gasteiger charge is -2.70. The molecule has 7 nitrogen and oxygen atoms in total. The van der Waals surface area contributed by atoms with Gasteiger partial charge >= 0.3 is 0 Å². The Bertz CT molecular complexity index is 1090. The maximum Gasteiger partial charge on any atom is 0.258 e. The van der Waals surface area contributed by atoms with Crippen molar-refractivity contribution >= 4 is 29.1 Å². The molecule has 4 N–H and O–H groups in total. The molecule has 3 aliphatic carbocycles. The molecule has 0 radical (unpaired) electrons. The molecule has 0 saturated heterocycles. The van der Waals surface area contributed by atoms with Crippen molar-refractivity contribution in [1.82, 2.24) is 10.6 Å². The third-order valence-corrected chi connectivity index (χ3v) is 6.11. The van der Waals surface area contributed by atoms with Gasteiger partial charge in [0.25, 0.3) is 11.8 Å². The number of benzene rings is 2. The number of anilines is 1. The number of aliphatic hydroxyl groups excluding tert-OH is 1. The summed E-state index contributed by atoms with van der Waals surface area (Å²) in [5.41, 5.74) is -1.01. The number of ether oxygens (including phenoxy) is 1. The average Bonchev–Trinajstić information content (AvgIpc) is 2.72. The third-order valence-electron chi connectivity index (χ3n) is 5.81. The fourth-order valence-electron chi connectivity index (χ4n) is 4.48. The average molecular weight is 484 g/mol. The van der Waals surface area contributed by atoms with Gasteiger partial charge in [-0.1, -0.05) is 11.6 Å². The fourth-order valence-corrected chi connectivity index (χ4v) is 4.60. The van der Waals surface area contributed by atoms with Gasteiger partial charge < -0.3 is 25.8 Å². The molecule has 3 aliphatic rings. The van der Waals surface area contributed by atoms with Crippen LogP contribution in [0.25, 0.3) is 0 Å². The van der Waals surface area contributed by atoms with Gasteiger partial charge in [0.15, 0.2) is 18.2 Å². The lowest BCUT2D eigenvalue weighted by Crippen LogP contribution is -2.84. The third kappa shape index (κ3) is 4.72. The smallest absolute Gasteiger partial charge is 0.258 e. The lowest BCUT2D eigenvalue weighted by molar-refractivity contribution is -0.141. The summed E-state index contributed by atoms with van der Waals surface area (Å²) in [5, 5.41) is 17.3. The number of carbonyl (C=O) groups is 2. The van der Waals surface area contributed by atoms with Crippen LogP contribution in [0.15, 0.2) is 30.3 Å². The highest BCUT2D eigenvalue weighted by atomic mass is 35.5. The molecule has 2 aromatic rings. The van der Waals surface area contributed by atoms with Crippen molar-refractivity contribution in [3.63, 3.8) is 0 Å². The molecular formula is C22H21ClF3N3O4. The summed E-state index contributed by atoms with van der Waals surface area (Å²) < 4.78 is 46.0. The predicted molar refractivity (Wildman–Crippen MR) is 114 cm³/mol. The van der Waals surface area contributed by atoms with Crippen LogP contribution >= 0.6 is 11.6 Å². The molecule has 0 unspecified atom stereocenters. The summed E-state index contributed by atoms with van der Waals surface area (Å²) in [4.78, 5) is 24.9. The minimum atomic E-state index is -1.16. The first-order valence-corrected chi connectivity index (χ1v) is 10.6. The molecule has 5 rings (SSSR count). The summed E-state index contributed by atoms with van der Waals surface area (Å²) in [6, 6.07) is 5.55. The normalized spacial score (nSPS) is 22.6. The van der Waals surface area contributed by atoms with Crippen molar-refractivity contribution in [2.24, 2.45) is 0 Å². The Morgan fingerprint density at radius 3 is 2.33 bits per heavy atom. The van der Waals surface area contributed by atoms with E-state index in [9.17, 15) is 22.8 Å². The van der Waals surface area contributed by atoms with Gasteiger partial charge in [0, 0.05) is 29.8 Å². The van der Waals surface area contributed by atoms with E-state index in [1.165, 1.54) is 12.1 Å². The Hall–Kier alpha value is -2.98. The Labute approximate surface area is 192 Å². The Balaban J connectivity index is 1.29. The number of amides is 2. The van der Waals surface area contributed by atoms with Gasteiger partial charge in [-0.2, -0.15) is 0 Å². The number of rotatable bonds is 9. The van der Waals surface area contributed by atoms with Crippen LogP contribution in [0.5, 0.6) is 5.75 Å². The van der Waals surface area contributed by atoms with Crippen molar-refractivity contribution in [2.45, 2.75) is 30.3 Å². The minimum absolute atomic E-state index is 0.0484. The van der Waals surface area contributed by atoms with E-state index in [1.807, 2.05) is 0 Å². The number of hydrogen-bond donors (Lipinski definition) is 4. The molecule has 176 valence electrons. The molecule has 3 fully saturated rings. The monoisotopic (exact) mass is 483 g/mol. The largest absolute Gasteiger partial charge is 0.484 e. The second-order valence-corrected chi connectivity index (χ2v) is 8.83. The van der Waals surface area contributed by atoms with Crippen LogP contribution in [0, 0.1) is 17.5 Å². The quantitative estimate of drug-likeness (QED) is 0.439. The molecule has 0 aliphatic heterocycles. The molecule has 2 bridgehead atoms. The van der Waals surface area contributed by atoms with Gasteiger partial charge in [-0.3, -0.25) is 9.59 Å². The van der Waals surface area contributed by atoms with E-state index in [2.05, 4.69) is 16.0 Å². The zero-order valence-electron chi connectivity index (χ0n) is 17.3. The van der Waals surface area contributed by atoms with Crippen LogP contribution in [-0.4, -0.2) is 47.8 Å². The van der Waals surface area contributed by atoms with Gasteiger partial charge in [0.05, 0.1) is 22.9 Å². The molecule has 0 spiro atoms. The van der Waals surface area contributed by atoms with Crippen molar-refractivity contribution in [1.29, 1.82) is 0 Å². The molecule has 0 atom stereocenters. The van der Waals surface area contributed by atoms with E-state index in [1.54, 1.807) is 0 Å². The van der Waals surface area contributed by atoms with Gasteiger partial charge in [-0.05, 0) is 37.5 Å². The predicted octanol–water partition coefficient (Wildman–Crippen LogP) is 2.76. The Morgan fingerprint density at radius 2 is 1.67 bits per heavy atom. The first-order valence-electron chi connectivity index (χ1n) is 10.2. The highest BCUT2D eigenvalue weighted by Crippen LogP contribution is 2.60. The van der Waals surface area contributed by atoms with E-state index >= 15 is 0 Å². The molecule has 0 heterocycles. The van der Waals surface area contributed by atoms with Crippen LogP contribution < -0.4 is 20.7 Å². The zero-order chi connectivity index (χ0) is 23.8. The number of carbonyl (C=O) groups excluding carboxylic acids is 2. The van der Waals surface area contributed by atoms with E-state index in [-0.39, 0.29) is 47.7 Å². The second-order valence-electron chi connectivity index (χ2n) is 8.42. The Morgan fingerprint density at radius 1 is 1.00 bits per heavy atom. The van der Waals surface area contributed by atoms with Crippen molar-refractivity contribution < 1.29 is 32.6 Å². The summed E-state index contributed by atoms with van der Waals surface area (Å²) in [6.07, 6.45) is 1.45. The van der Waals surface area contributed by atoms with Crippen molar-refractivity contribution in [3.8, 4) is 5.75 Å². The molecule has 2 aromatic carbocycles. The van der Waals surface area contributed by atoms with Crippen LogP contribution in [0.3, 0.4) is 0 Å². The van der Waals surface area contributed by atoms with E-state index < -0.39 is 34.4 Å². The van der Waals surface area contributed by atoms with Gasteiger partial charge in [0.1, 0.15) is 11.6 Å². The Kier molecular flexibility index (Phi) is 6.15. The van der Waals surface area contributed by atoms with Crippen LogP contribution in [0.2, 0.25) is 5.02 Å². The minimum Gasteiger partial charge on any atom is -0.484 e. The molecule has 3 saturated carbocycles. The first-order chi connectivity index (χ1) is 15.6. The zero-order valence-corrected chi connectivity index (χ0v) is 18.1. The summed E-state index contributed by atoms with van der Waals surface area (Å²) in [7, 11) is 0. The molecule has 2 amide bonds. The van der Waals surface area contributed by atoms with E-state index in [4.69, 9.17) is 21.4 Å². The number of hydrogen-bond acceptors (Lipinski definition) is 5. The first kappa shape index (κ1) is 23.2. The summed E-state index contributed by atoms with van der Waals surface area (Å²) in [6.45, 7) is -0.490. The van der Waals surface area contributed by atoms with E-state index in [0.29, 0.717) is 19.3 Å².